The fraction of sp³-hybridized carbons (Fsp3) is 0.438. The van der Waals surface area contributed by atoms with Crippen LogP contribution in [0, 0.1) is 6.92 Å². The normalized spacial score (nSPS) is 16.0. The number of carbonyl (C=O) groups excluding carboxylic acids is 1. The van der Waals surface area contributed by atoms with E-state index in [0.717, 1.165) is 42.8 Å². The number of urea groups is 1. The van der Waals surface area contributed by atoms with Crippen LogP contribution in [0.5, 0.6) is 0 Å². The molecule has 1 saturated heterocycles. The fourth-order valence-electron chi connectivity index (χ4n) is 2.70. The maximum absolute atomic E-state index is 11.9. The summed E-state index contributed by atoms with van der Waals surface area (Å²) in [6, 6.07) is 8.43. The van der Waals surface area contributed by atoms with Gasteiger partial charge in [0.15, 0.2) is 0 Å². The van der Waals surface area contributed by atoms with E-state index >= 15 is 0 Å². The number of aryl methyl sites for hydroxylation is 1. The number of nitrogens with one attached hydrogen (secondary N) is 3. The summed E-state index contributed by atoms with van der Waals surface area (Å²) in [6.07, 6.45) is 1.78. The van der Waals surface area contributed by atoms with Gasteiger partial charge in [-0.2, -0.15) is 0 Å². The predicted molar refractivity (Wildman–Crippen MR) is 82.2 cm³/mol. The monoisotopic (exact) mass is 287 g/mol. The summed E-state index contributed by atoms with van der Waals surface area (Å²) in [5.74, 6) is 0. The summed E-state index contributed by atoms with van der Waals surface area (Å²) >= 11 is 0. The number of benzene rings is 1. The molecule has 0 aliphatic carbocycles. The summed E-state index contributed by atoms with van der Waals surface area (Å²) in [5.41, 5.74) is 3.37. The van der Waals surface area contributed by atoms with Gasteiger partial charge in [0.2, 0.25) is 0 Å². The summed E-state index contributed by atoms with van der Waals surface area (Å²) in [5, 5.41) is 7.09. The number of carbonyl (C=O) groups is 1. The molecule has 3 N–H and O–H groups in total. The van der Waals surface area contributed by atoms with Crippen LogP contribution in [0.1, 0.15) is 24.1 Å². The van der Waals surface area contributed by atoms with Gasteiger partial charge < -0.3 is 20.4 Å². The van der Waals surface area contributed by atoms with Crippen molar-refractivity contribution in [3.63, 3.8) is 0 Å². The minimum Gasteiger partial charge on any atom is -0.381 e. The van der Waals surface area contributed by atoms with E-state index in [2.05, 4.69) is 33.8 Å². The molecule has 0 saturated carbocycles. The minimum atomic E-state index is -0.104. The van der Waals surface area contributed by atoms with Gasteiger partial charge in [-0.3, -0.25) is 0 Å². The highest BCUT2D eigenvalue weighted by atomic mass is 16.5. The molecular formula is C16H21N3O2. The Labute approximate surface area is 124 Å². The topological polar surface area (TPSA) is 66.2 Å². The number of H-pyrrole nitrogens is 1. The van der Waals surface area contributed by atoms with E-state index < -0.39 is 0 Å². The van der Waals surface area contributed by atoms with Gasteiger partial charge in [0.25, 0.3) is 0 Å². The lowest BCUT2D eigenvalue weighted by molar-refractivity contribution is 0.0801. The van der Waals surface area contributed by atoms with Crippen LogP contribution in [-0.2, 0) is 11.3 Å². The van der Waals surface area contributed by atoms with Crippen molar-refractivity contribution < 1.29 is 9.53 Å². The number of ether oxygens (including phenoxy) is 1. The minimum absolute atomic E-state index is 0.104. The summed E-state index contributed by atoms with van der Waals surface area (Å²) in [7, 11) is 0. The van der Waals surface area contributed by atoms with Crippen molar-refractivity contribution in [2.45, 2.75) is 32.4 Å². The standard InChI is InChI=1S/C16H21N3O2/c1-11-8-13-9-12(2-3-15(13)18-11)10-17-16(20)19-14-4-6-21-7-5-14/h2-3,8-9,14,18H,4-7,10H2,1H3,(H2,17,19,20). The van der Waals surface area contributed by atoms with Gasteiger partial charge in [-0.15, -0.1) is 0 Å². The van der Waals surface area contributed by atoms with Crippen LogP contribution in [0.15, 0.2) is 24.3 Å². The fourth-order valence-corrected chi connectivity index (χ4v) is 2.70. The first-order chi connectivity index (χ1) is 10.2. The lowest BCUT2D eigenvalue weighted by Gasteiger charge is -2.23. The van der Waals surface area contributed by atoms with Crippen molar-refractivity contribution in [3.8, 4) is 0 Å². The van der Waals surface area contributed by atoms with E-state index in [1.165, 1.54) is 5.39 Å². The molecule has 0 spiro atoms. The maximum atomic E-state index is 11.9. The first-order valence-electron chi connectivity index (χ1n) is 7.41. The third-order valence-corrected chi connectivity index (χ3v) is 3.83. The molecule has 1 aliphatic rings. The molecule has 0 atom stereocenters. The average molecular weight is 287 g/mol. The molecule has 112 valence electrons. The Balaban J connectivity index is 1.54. The quantitative estimate of drug-likeness (QED) is 0.812. The summed E-state index contributed by atoms with van der Waals surface area (Å²) < 4.78 is 5.28. The van der Waals surface area contributed by atoms with Crippen LogP contribution in [0.2, 0.25) is 0 Å². The van der Waals surface area contributed by atoms with Gasteiger partial charge in [-0.25, -0.2) is 4.79 Å². The number of amides is 2. The van der Waals surface area contributed by atoms with E-state index in [-0.39, 0.29) is 12.1 Å². The summed E-state index contributed by atoms with van der Waals surface area (Å²) in [6.45, 7) is 4.04. The number of aromatic amines is 1. The van der Waals surface area contributed by atoms with E-state index in [4.69, 9.17) is 4.74 Å². The number of rotatable bonds is 3. The van der Waals surface area contributed by atoms with Crippen LogP contribution in [0.3, 0.4) is 0 Å². The van der Waals surface area contributed by atoms with Crippen molar-refractivity contribution in [2.24, 2.45) is 0 Å². The van der Waals surface area contributed by atoms with Crippen LogP contribution in [0.4, 0.5) is 4.79 Å². The third kappa shape index (κ3) is 3.55. The van der Waals surface area contributed by atoms with Crippen LogP contribution < -0.4 is 10.6 Å². The van der Waals surface area contributed by atoms with E-state index in [1.54, 1.807) is 0 Å². The van der Waals surface area contributed by atoms with Gasteiger partial charge in [0.05, 0.1) is 0 Å². The zero-order chi connectivity index (χ0) is 14.7. The number of hydrogen-bond donors (Lipinski definition) is 3. The first-order valence-corrected chi connectivity index (χ1v) is 7.41. The Morgan fingerprint density at radius 1 is 1.33 bits per heavy atom. The molecule has 5 heteroatoms. The SMILES string of the molecule is Cc1cc2cc(CNC(=O)NC3CCOCC3)ccc2[nH]1. The highest BCUT2D eigenvalue weighted by Crippen LogP contribution is 2.16. The maximum Gasteiger partial charge on any atom is 0.315 e. The molecule has 2 aromatic rings. The molecule has 2 heterocycles. The second-order valence-corrected chi connectivity index (χ2v) is 5.59. The molecule has 1 aliphatic heterocycles. The molecule has 5 nitrogen and oxygen atoms in total. The van der Waals surface area contributed by atoms with Gasteiger partial charge in [0.1, 0.15) is 0 Å². The molecule has 0 radical (unpaired) electrons. The van der Waals surface area contributed by atoms with Crippen molar-refractivity contribution in [3.05, 3.63) is 35.5 Å². The van der Waals surface area contributed by atoms with Crippen molar-refractivity contribution in [1.82, 2.24) is 15.6 Å². The molecule has 1 aromatic heterocycles. The van der Waals surface area contributed by atoms with E-state index in [1.807, 2.05) is 13.0 Å². The Morgan fingerprint density at radius 2 is 2.14 bits per heavy atom. The van der Waals surface area contributed by atoms with Gasteiger partial charge >= 0.3 is 6.03 Å². The van der Waals surface area contributed by atoms with Crippen molar-refractivity contribution in [2.75, 3.05) is 13.2 Å². The highest BCUT2D eigenvalue weighted by molar-refractivity contribution is 5.81. The Morgan fingerprint density at radius 3 is 2.95 bits per heavy atom. The predicted octanol–water partition coefficient (Wildman–Crippen LogP) is 2.45. The van der Waals surface area contributed by atoms with Gasteiger partial charge in [-0.1, -0.05) is 6.07 Å². The van der Waals surface area contributed by atoms with Crippen LogP contribution >= 0.6 is 0 Å². The molecule has 0 unspecified atom stereocenters. The molecule has 21 heavy (non-hydrogen) atoms. The summed E-state index contributed by atoms with van der Waals surface area (Å²) in [4.78, 5) is 15.2. The zero-order valence-electron chi connectivity index (χ0n) is 12.2. The largest absolute Gasteiger partial charge is 0.381 e. The lowest BCUT2D eigenvalue weighted by atomic mass is 10.1. The molecule has 0 bridgehead atoms. The molecule has 3 rings (SSSR count). The number of fused-ring (bicyclic) bond motifs is 1. The number of aromatic nitrogens is 1. The van der Waals surface area contributed by atoms with Gasteiger partial charge in [-0.05, 0) is 48.9 Å². The molecule has 2 amide bonds. The van der Waals surface area contributed by atoms with Crippen LogP contribution in [-0.4, -0.2) is 30.3 Å². The second-order valence-electron chi connectivity index (χ2n) is 5.59. The van der Waals surface area contributed by atoms with Gasteiger partial charge in [0, 0.05) is 37.0 Å². The average Bonchev–Trinajstić information content (AvgIpc) is 2.85. The van der Waals surface area contributed by atoms with Crippen molar-refractivity contribution >= 4 is 16.9 Å². The third-order valence-electron chi connectivity index (χ3n) is 3.83. The first kappa shape index (κ1) is 13.9. The highest BCUT2D eigenvalue weighted by Gasteiger charge is 2.15. The Kier molecular flexibility index (Phi) is 4.10. The van der Waals surface area contributed by atoms with E-state index in [9.17, 15) is 4.79 Å². The van der Waals surface area contributed by atoms with Crippen molar-refractivity contribution in [1.29, 1.82) is 0 Å². The molecule has 1 aromatic carbocycles. The smallest absolute Gasteiger partial charge is 0.315 e. The zero-order valence-corrected chi connectivity index (χ0v) is 12.2. The second kappa shape index (κ2) is 6.18. The molecule has 1 fully saturated rings. The lowest BCUT2D eigenvalue weighted by Crippen LogP contribution is -2.44. The van der Waals surface area contributed by atoms with E-state index in [0.29, 0.717) is 6.54 Å². The number of hydrogen-bond acceptors (Lipinski definition) is 2. The Bertz CT molecular complexity index is 629. The van der Waals surface area contributed by atoms with Crippen LogP contribution in [0.25, 0.3) is 10.9 Å². The molecular weight excluding hydrogens is 266 g/mol. The Hall–Kier alpha value is -2.01.